The summed E-state index contributed by atoms with van der Waals surface area (Å²) in [6.45, 7) is 10.3. The zero-order valence-corrected chi connectivity index (χ0v) is 15.8. The molecule has 1 aromatic carbocycles. The molecule has 1 saturated carbocycles. The number of rotatable bonds is 5. The van der Waals surface area contributed by atoms with Crippen LogP contribution in [0.4, 0.5) is 4.39 Å². The summed E-state index contributed by atoms with van der Waals surface area (Å²) >= 11 is 0. The monoisotopic (exact) mass is 344 g/mol. The zero-order chi connectivity index (χ0) is 18.7. The van der Waals surface area contributed by atoms with E-state index in [0.29, 0.717) is 24.0 Å². The molecule has 1 aliphatic rings. The Morgan fingerprint density at radius 3 is 2.48 bits per heavy atom. The highest BCUT2D eigenvalue weighted by molar-refractivity contribution is 6.01. The first-order valence-electron chi connectivity index (χ1n) is 9.07. The van der Waals surface area contributed by atoms with Crippen LogP contribution in [0.5, 0.6) is 0 Å². The van der Waals surface area contributed by atoms with Crippen molar-refractivity contribution in [2.24, 2.45) is 17.8 Å². The first kappa shape index (κ1) is 19.6. The molecule has 2 rings (SSSR count). The Kier molecular flexibility index (Phi) is 6.34. The van der Waals surface area contributed by atoms with Crippen molar-refractivity contribution in [3.8, 4) is 0 Å². The van der Waals surface area contributed by atoms with E-state index in [2.05, 4.69) is 26.8 Å². The molecule has 3 heteroatoms. The smallest absolute Gasteiger partial charge is 0.164 e. The summed E-state index contributed by atoms with van der Waals surface area (Å²) in [6, 6.07) is 6.55. The molecule has 0 saturated heterocycles. The lowest BCUT2D eigenvalue weighted by Gasteiger charge is -2.21. The second-order valence-electron chi connectivity index (χ2n) is 7.66. The molecule has 1 N–H and O–H groups in total. The largest absolute Gasteiger partial charge is 0.388 e. The van der Waals surface area contributed by atoms with Gasteiger partial charge in [0.2, 0.25) is 0 Å². The minimum atomic E-state index is -0.755. The molecule has 136 valence electrons. The average Bonchev–Trinajstić information content (AvgIpc) is 2.76. The maximum absolute atomic E-state index is 13.9. The Labute approximate surface area is 150 Å². The molecule has 0 aliphatic heterocycles. The molecule has 0 bridgehead atoms. The molecular weight excluding hydrogens is 315 g/mol. The SMILES string of the molecule is CC(C)=CC(C)/C(=C1\C(=O)C(Cc2ccccc2F)CC1O)C(C)C. The van der Waals surface area contributed by atoms with Crippen LogP contribution in [0.2, 0.25) is 0 Å². The second kappa shape index (κ2) is 8.09. The van der Waals surface area contributed by atoms with E-state index < -0.39 is 6.10 Å². The van der Waals surface area contributed by atoms with E-state index in [1.54, 1.807) is 18.2 Å². The molecule has 0 heterocycles. The molecule has 0 amide bonds. The van der Waals surface area contributed by atoms with E-state index in [1.807, 2.05) is 13.8 Å². The Morgan fingerprint density at radius 1 is 1.28 bits per heavy atom. The van der Waals surface area contributed by atoms with Gasteiger partial charge in [-0.3, -0.25) is 4.79 Å². The van der Waals surface area contributed by atoms with E-state index in [-0.39, 0.29) is 29.4 Å². The van der Waals surface area contributed by atoms with Gasteiger partial charge in [0.05, 0.1) is 6.10 Å². The number of halogens is 1. The van der Waals surface area contributed by atoms with E-state index in [9.17, 15) is 14.3 Å². The van der Waals surface area contributed by atoms with Gasteiger partial charge in [0.15, 0.2) is 5.78 Å². The molecule has 0 spiro atoms. The third-order valence-corrected chi connectivity index (χ3v) is 4.91. The first-order chi connectivity index (χ1) is 11.7. The van der Waals surface area contributed by atoms with Crippen LogP contribution in [0.25, 0.3) is 0 Å². The van der Waals surface area contributed by atoms with E-state index >= 15 is 0 Å². The lowest BCUT2D eigenvalue weighted by atomic mass is 9.84. The van der Waals surface area contributed by atoms with Crippen LogP contribution in [0.3, 0.4) is 0 Å². The van der Waals surface area contributed by atoms with Gasteiger partial charge in [-0.25, -0.2) is 4.39 Å². The second-order valence-corrected chi connectivity index (χ2v) is 7.66. The summed E-state index contributed by atoms with van der Waals surface area (Å²) < 4.78 is 13.9. The van der Waals surface area contributed by atoms with Crippen LogP contribution in [0, 0.1) is 23.6 Å². The zero-order valence-electron chi connectivity index (χ0n) is 15.8. The Balaban J connectivity index is 2.36. The van der Waals surface area contributed by atoms with Gasteiger partial charge in [0.25, 0.3) is 0 Å². The highest BCUT2D eigenvalue weighted by atomic mass is 19.1. The predicted octanol–water partition coefficient (Wildman–Crippen LogP) is 4.87. The van der Waals surface area contributed by atoms with E-state index in [4.69, 9.17) is 0 Å². The number of allylic oxidation sites excluding steroid dienone is 3. The third kappa shape index (κ3) is 4.46. The van der Waals surface area contributed by atoms with Crippen molar-refractivity contribution >= 4 is 5.78 Å². The molecule has 0 radical (unpaired) electrons. The standard InChI is InChI=1S/C22H29FO2/c1-13(2)10-15(5)20(14(3)4)21-19(24)12-17(22(21)25)11-16-8-6-7-9-18(16)23/h6-10,14-15,17,19,24H,11-12H2,1-5H3/b21-20-. The van der Waals surface area contributed by atoms with Gasteiger partial charge in [0, 0.05) is 11.5 Å². The van der Waals surface area contributed by atoms with Crippen molar-refractivity contribution in [2.75, 3.05) is 0 Å². The van der Waals surface area contributed by atoms with E-state index in [1.165, 1.54) is 11.6 Å². The molecule has 1 aliphatic carbocycles. The fraction of sp³-hybridized carbons (Fsp3) is 0.500. The lowest BCUT2D eigenvalue weighted by molar-refractivity contribution is -0.117. The van der Waals surface area contributed by atoms with Crippen LogP contribution in [-0.4, -0.2) is 17.0 Å². The maximum atomic E-state index is 13.9. The van der Waals surface area contributed by atoms with Crippen molar-refractivity contribution in [1.29, 1.82) is 0 Å². The summed E-state index contributed by atoms with van der Waals surface area (Å²) in [7, 11) is 0. The molecule has 1 aromatic rings. The Bertz CT molecular complexity index is 696. The fourth-order valence-electron chi connectivity index (χ4n) is 3.99. The number of hydrogen-bond acceptors (Lipinski definition) is 2. The number of aliphatic hydroxyl groups excluding tert-OH is 1. The lowest BCUT2D eigenvalue weighted by Crippen LogP contribution is -2.18. The quantitative estimate of drug-likeness (QED) is 0.611. The predicted molar refractivity (Wildman–Crippen MR) is 99.7 cm³/mol. The number of benzene rings is 1. The minimum Gasteiger partial charge on any atom is -0.388 e. The van der Waals surface area contributed by atoms with Gasteiger partial charge in [0.1, 0.15) is 5.82 Å². The fourth-order valence-corrected chi connectivity index (χ4v) is 3.99. The van der Waals surface area contributed by atoms with Crippen LogP contribution in [0.1, 0.15) is 46.6 Å². The summed E-state index contributed by atoms with van der Waals surface area (Å²) in [5, 5.41) is 10.6. The summed E-state index contributed by atoms with van der Waals surface area (Å²) in [6.07, 6.45) is 2.09. The van der Waals surface area contributed by atoms with Crippen LogP contribution in [-0.2, 0) is 11.2 Å². The topological polar surface area (TPSA) is 37.3 Å². The highest BCUT2D eigenvalue weighted by Gasteiger charge is 2.39. The van der Waals surface area contributed by atoms with Gasteiger partial charge < -0.3 is 5.11 Å². The average molecular weight is 344 g/mol. The number of carbonyl (C=O) groups excluding carboxylic acids is 1. The molecule has 0 aromatic heterocycles. The molecule has 3 unspecified atom stereocenters. The molecule has 1 fully saturated rings. The first-order valence-corrected chi connectivity index (χ1v) is 9.07. The number of aliphatic hydroxyl groups is 1. The van der Waals surface area contributed by atoms with Crippen LogP contribution >= 0.6 is 0 Å². The number of hydrogen-bond donors (Lipinski definition) is 1. The van der Waals surface area contributed by atoms with Crippen molar-refractivity contribution < 1.29 is 14.3 Å². The van der Waals surface area contributed by atoms with E-state index in [0.717, 1.165) is 5.57 Å². The highest BCUT2D eigenvalue weighted by Crippen LogP contribution is 2.37. The third-order valence-electron chi connectivity index (χ3n) is 4.91. The molecular formula is C22H29FO2. The van der Waals surface area contributed by atoms with Crippen molar-refractivity contribution in [1.82, 2.24) is 0 Å². The normalized spacial score (nSPS) is 23.8. The summed E-state index contributed by atoms with van der Waals surface area (Å²) in [4.78, 5) is 13.0. The van der Waals surface area contributed by atoms with Crippen molar-refractivity contribution in [2.45, 2.75) is 53.6 Å². The van der Waals surface area contributed by atoms with Gasteiger partial charge in [-0.05, 0) is 50.2 Å². The number of carbonyl (C=O) groups is 1. The molecule has 25 heavy (non-hydrogen) atoms. The van der Waals surface area contributed by atoms with Gasteiger partial charge >= 0.3 is 0 Å². The van der Waals surface area contributed by atoms with Crippen molar-refractivity contribution in [3.05, 3.63) is 58.4 Å². The van der Waals surface area contributed by atoms with Gasteiger partial charge in [-0.1, -0.05) is 56.2 Å². The minimum absolute atomic E-state index is 0.0199. The van der Waals surface area contributed by atoms with Gasteiger partial charge in [-0.2, -0.15) is 0 Å². The number of ketones is 1. The Hall–Kier alpha value is -1.74. The number of Topliss-reactive ketones (excluding diaryl/α,β-unsaturated/α-hetero) is 1. The Morgan fingerprint density at radius 2 is 1.92 bits per heavy atom. The van der Waals surface area contributed by atoms with Crippen LogP contribution < -0.4 is 0 Å². The summed E-state index contributed by atoms with van der Waals surface area (Å²) in [5.74, 6) is -0.385. The van der Waals surface area contributed by atoms with Crippen LogP contribution in [0.15, 0.2) is 47.1 Å². The molecule has 2 nitrogen and oxygen atoms in total. The van der Waals surface area contributed by atoms with Crippen molar-refractivity contribution in [3.63, 3.8) is 0 Å². The molecule has 3 atom stereocenters. The summed E-state index contributed by atoms with van der Waals surface area (Å²) in [5.41, 5.74) is 3.29. The maximum Gasteiger partial charge on any atom is 0.164 e. The van der Waals surface area contributed by atoms with Gasteiger partial charge in [-0.15, -0.1) is 0 Å².